The van der Waals surface area contributed by atoms with Crippen LogP contribution in [0.5, 0.6) is 5.75 Å². The van der Waals surface area contributed by atoms with E-state index in [4.69, 9.17) is 4.74 Å². The van der Waals surface area contributed by atoms with Gasteiger partial charge in [-0.2, -0.15) is 0 Å². The fourth-order valence-corrected chi connectivity index (χ4v) is 1.97. The number of nitro benzene ring substituents is 2. The van der Waals surface area contributed by atoms with Crippen LogP contribution in [0.3, 0.4) is 0 Å². The maximum Gasteiger partial charge on any atom is 0.296 e. The molecule has 2 rings (SSSR count). The number of carbonyl (C=O) groups excluding carboxylic acids is 1. The fourth-order valence-electron chi connectivity index (χ4n) is 1.97. The fraction of sp³-hybridized carbons (Fsp3) is 0.133. The van der Waals surface area contributed by atoms with Crippen LogP contribution in [0.25, 0.3) is 0 Å². The molecule has 0 unspecified atom stereocenters. The maximum absolute atomic E-state index is 12.0. The zero-order valence-corrected chi connectivity index (χ0v) is 13.1. The molecule has 25 heavy (non-hydrogen) atoms. The lowest BCUT2D eigenvalue weighted by atomic mass is 10.2. The molecule has 0 saturated heterocycles. The van der Waals surface area contributed by atoms with Crippen molar-refractivity contribution < 1.29 is 19.4 Å². The van der Waals surface area contributed by atoms with Crippen LogP contribution in [0.4, 0.5) is 22.7 Å². The summed E-state index contributed by atoms with van der Waals surface area (Å²) in [5.41, 5.74) is 0.193. The van der Waals surface area contributed by atoms with Gasteiger partial charge in [0.15, 0.2) is 0 Å². The van der Waals surface area contributed by atoms with Crippen molar-refractivity contribution in [1.82, 2.24) is 0 Å². The number of hydrogen-bond acceptors (Lipinski definition) is 7. The Hall–Kier alpha value is -3.69. The molecule has 0 aliphatic heterocycles. The zero-order chi connectivity index (χ0) is 18.4. The van der Waals surface area contributed by atoms with E-state index in [1.54, 1.807) is 0 Å². The van der Waals surface area contributed by atoms with E-state index in [0.29, 0.717) is 11.4 Å². The number of anilines is 2. The molecule has 2 aromatic carbocycles. The van der Waals surface area contributed by atoms with E-state index in [2.05, 4.69) is 10.6 Å². The molecule has 1 amide bonds. The highest BCUT2D eigenvalue weighted by Gasteiger charge is 2.17. The molecule has 0 atom stereocenters. The van der Waals surface area contributed by atoms with Crippen LogP contribution in [0.2, 0.25) is 0 Å². The summed E-state index contributed by atoms with van der Waals surface area (Å²) in [6.07, 6.45) is 0. The van der Waals surface area contributed by atoms with Gasteiger partial charge in [-0.15, -0.1) is 0 Å². The molecular formula is C15H14N4O6. The van der Waals surface area contributed by atoms with E-state index in [1.165, 1.54) is 49.6 Å². The van der Waals surface area contributed by atoms with E-state index in [1.807, 2.05) is 0 Å². The topological polar surface area (TPSA) is 137 Å². The first-order valence-corrected chi connectivity index (χ1v) is 7.01. The van der Waals surface area contributed by atoms with Crippen LogP contribution in [0, 0.1) is 20.2 Å². The van der Waals surface area contributed by atoms with Crippen LogP contribution < -0.4 is 15.4 Å². The number of amides is 1. The highest BCUT2D eigenvalue weighted by atomic mass is 16.6. The monoisotopic (exact) mass is 346 g/mol. The number of nitrogens with one attached hydrogen (secondary N) is 2. The van der Waals surface area contributed by atoms with Crippen LogP contribution in [-0.2, 0) is 4.79 Å². The second kappa shape index (κ2) is 7.73. The van der Waals surface area contributed by atoms with Gasteiger partial charge in [0.05, 0.1) is 29.6 Å². The van der Waals surface area contributed by atoms with Crippen molar-refractivity contribution in [3.8, 4) is 5.75 Å². The molecular weight excluding hydrogens is 332 g/mol. The molecule has 0 aromatic heterocycles. The summed E-state index contributed by atoms with van der Waals surface area (Å²) in [6, 6.07) is 9.60. The van der Waals surface area contributed by atoms with Gasteiger partial charge in [0.2, 0.25) is 5.91 Å². The average Bonchev–Trinajstić information content (AvgIpc) is 2.60. The Bertz CT molecular complexity index is 806. The maximum atomic E-state index is 12.0. The highest BCUT2D eigenvalue weighted by molar-refractivity contribution is 5.95. The van der Waals surface area contributed by atoms with Crippen molar-refractivity contribution in [2.24, 2.45) is 0 Å². The summed E-state index contributed by atoms with van der Waals surface area (Å²) in [5.74, 6) is -0.208. The summed E-state index contributed by atoms with van der Waals surface area (Å²) in [7, 11) is 1.38. The van der Waals surface area contributed by atoms with Crippen molar-refractivity contribution in [2.75, 3.05) is 24.3 Å². The Morgan fingerprint density at radius 1 is 1.08 bits per heavy atom. The van der Waals surface area contributed by atoms with Gasteiger partial charge in [0.1, 0.15) is 11.4 Å². The smallest absolute Gasteiger partial charge is 0.296 e. The molecule has 0 bridgehead atoms. The first-order valence-electron chi connectivity index (χ1n) is 7.01. The number of nitro groups is 2. The van der Waals surface area contributed by atoms with Gasteiger partial charge >= 0.3 is 0 Å². The van der Waals surface area contributed by atoms with Gasteiger partial charge in [-0.05, 0) is 24.3 Å². The van der Waals surface area contributed by atoms with Gasteiger partial charge in [0, 0.05) is 17.8 Å². The van der Waals surface area contributed by atoms with Crippen molar-refractivity contribution in [2.45, 2.75) is 0 Å². The van der Waals surface area contributed by atoms with E-state index in [-0.39, 0.29) is 23.6 Å². The molecule has 0 spiro atoms. The van der Waals surface area contributed by atoms with Gasteiger partial charge in [-0.1, -0.05) is 0 Å². The standard InChI is InChI=1S/C15H14N4O6/c1-25-12-6-7-13(14(8-12)19(23)24)17-15(20)9-16-10-2-4-11(5-3-10)18(21)22/h2-8,16H,9H2,1H3,(H,17,20). The first kappa shape index (κ1) is 17.7. The number of carbonyl (C=O) groups is 1. The number of benzene rings is 2. The number of methoxy groups -OCH3 is 1. The minimum Gasteiger partial charge on any atom is -0.496 e. The van der Waals surface area contributed by atoms with Crippen LogP contribution in [0.15, 0.2) is 42.5 Å². The molecule has 0 fully saturated rings. The SMILES string of the molecule is COc1ccc(NC(=O)CNc2ccc([N+](=O)[O-])cc2)c([N+](=O)[O-])c1. The Labute approximate surface area is 141 Å². The number of nitrogens with zero attached hydrogens (tertiary/aromatic N) is 2. The largest absolute Gasteiger partial charge is 0.496 e. The van der Waals surface area contributed by atoms with E-state index < -0.39 is 15.8 Å². The lowest BCUT2D eigenvalue weighted by Gasteiger charge is -2.09. The van der Waals surface area contributed by atoms with Crippen LogP contribution in [0.1, 0.15) is 0 Å². The van der Waals surface area contributed by atoms with E-state index >= 15 is 0 Å². The molecule has 0 saturated carbocycles. The van der Waals surface area contributed by atoms with Crippen molar-refractivity contribution in [1.29, 1.82) is 0 Å². The predicted molar refractivity (Wildman–Crippen MR) is 89.9 cm³/mol. The van der Waals surface area contributed by atoms with Crippen molar-refractivity contribution >= 4 is 28.7 Å². The molecule has 10 heteroatoms. The van der Waals surface area contributed by atoms with E-state index in [0.717, 1.165) is 0 Å². The summed E-state index contributed by atoms with van der Waals surface area (Å²) in [5, 5.41) is 26.8. The van der Waals surface area contributed by atoms with Crippen LogP contribution >= 0.6 is 0 Å². The molecule has 0 heterocycles. The Balaban J connectivity index is 2.00. The number of rotatable bonds is 7. The quantitative estimate of drug-likeness (QED) is 0.580. The van der Waals surface area contributed by atoms with Crippen molar-refractivity contribution in [3.05, 3.63) is 62.7 Å². The third-order valence-electron chi connectivity index (χ3n) is 3.21. The minimum atomic E-state index is -0.623. The molecule has 2 aromatic rings. The second-order valence-corrected chi connectivity index (χ2v) is 4.85. The van der Waals surface area contributed by atoms with Gasteiger partial charge in [-0.25, -0.2) is 0 Å². The Morgan fingerprint density at radius 3 is 2.32 bits per heavy atom. The predicted octanol–water partition coefficient (Wildman–Crippen LogP) is 2.56. The summed E-state index contributed by atoms with van der Waals surface area (Å²) in [4.78, 5) is 32.4. The number of hydrogen-bond donors (Lipinski definition) is 2. The minimum absolute atomic E-state index is 0.0429. The highest BCUT2D eigenvalue weighted by Crippen LogP contribution is 2.28. The lowest BCUT2D eigenvalue weighted by molar-refractivity contribution is -0.384. The van der Waals surface area contributed by atoms with Crippen LogP contribution in [-0.4, -0.2) is 29.4 Å². The number of non-ortho nitro benzene ring substituents is 1. The third kappa shape index (κ3) is 4.64. The number of ether oxygens (including phenoxy) is 1. The first-order chi connectivity index (χ1) is 11.9. The van der Waals surface area contributed by atoms with Crippen molar-refractivity contribution in [3.63, 3.8) is 0 Å². The van der Waals surface area contributed by atoms with Gasteiger partial charge in [0.25, 0.3) is 11.4 Å². The Morgan fingerprint density at radius 2 is 1.76 bits per heavy atom. The van der Waals surface area contributed by atoms with Gasteiger partial charge < -0.3 is 15.4 Å². The summed E-state index contributed by atoms with van der Waals surface area (Å²) in [6.45, 7) is -0.166. The third-order valence-corrected chi connectivity index (χ3v) is 3.21. The average molecular weight is 346 g/mol. The molecule has 0 aliphatic carbocycles. The summed E-state index contributed by atoms with van der Waals surface area (Å²) >= 11 is 0. The molecule has 130 valence electrons. The summed E-state index contributed by atoms with van der Waals surface area (Å²) < 4.78 is 4.92. The molecule has 2 N–H and O–H groups in total. The normalized spacial score (nSPS) is 9.96. The molecule has 0 radical (unpaired) electrons. The zero-order valence-electron chi connectivity index (χ0n) is 13.1. The van der Waals surface area contributed by atoms with Gasteiger partial charge in [-0.3, -0.25) is 25.0 Å². The lowest BCUT2D eigenvalue weighted by Crippen LogP contribution is -2.22. The molecule has 10 nitrogen and oxygen atoms in total. The van der Waals surface area contributed by atoms with E-state index in [9.17, 15) is 25.0 Å². The second-order valence-electron chi connectivity index (χ2n) is 4.85. The molecule has 0 aliphatic rings. The Kier molecular flexibility index (Phi) is 5.46.